The quantitative estimate of drug-likeness (QED) is 0.0461. The predicted octanol–water partition coefficient (Wildman–Crippen LogP) is 13.8. The Morgan fingerprint density at radius 3 is 1.31 bits per heavy atom. The zero-order valence-electron chi connectivity index (χ0n) is 41.7. The largest absolute Gasteiger partial charge is 0.465 e. The molecule has 0 amide bonds. The van der Waals surface area contributed by atoms with Crippen LogP contribution in [-0.4, -0.2) is 96.1 Å². The van der Waals surface area contributed by atoms with Gasteiger partial charge in [0.25, 0.3) is 0 Å². The van der Waals surface area contributed by atoms with Gasteiger partial charge in [-0.1, -0.05) is 164 Å². The lowest BCUT2D eigenvalue weighted by molar-refractivity contribution is -0.150. The first-order valence-electron chi connectivity index (χ1n) is 26.9. The SMILES string of the molecule is CCCCCCCCC(CCCCCCCC)OC(=O)CCCCCCCN(CCCN(CCCCCC(=O)OCC(CCC)CCCCCC)CC(O)CC)CC(O)CC. The van der Waals surface area contributed by atoms with E-state index in [9.17, 15) is 19.8 Å². The van der Waals surface area contributed by atoms with Crippen LogP contribution in [0.1, 0.15) is 260 Å². The van der Waals surface area contributed by atoms with Crippen LogP contribution in [0.3, 0.4) is 0 Å². The third kappa shape index (κ3) is 40.1. The number of rotatable bonds is 48. The Balaban J connectivity index is 4.62. The lowest BCUT2D eigenvalue weighted by atomic mass is 9.97. The molecule has 0 aliphatic rings. The first kappa shape index (κ1) is 59.8. The Bertz CT molecular complexity index is 920. The number of aliphatic hydroxyl groups excluding tert-OH is 2. The fourth-order valence-electron chi connectivity index (χ4n) is 8.55. The Labute approximate surface area is 379 Å². The molecule has 0 aliphatic carbocycles. The van der Waals surface area contributed by atoms with E-state index in [0.717, 1.165) is 129 Å². The van der Waals surface area contributed by atoms with Gasteiger partial charge < -0.3 is 29.5 Å². The topological polar surface area (TPSA) is 99.5 Å². The van der Waals surface area contributed by atoms with Crippen molar-refractivity contribution in [1.29, 1.82) is 0 Å². The Morgan fingerprint density at radius 1 is 0.426 bits per heavy atom. The molecule has 0 heterocycles. The summed E-state index contributed by atoms with van der Waals surface area (Å²) < 4.78 is 11.8. The van der Waals surface area contributed by atoms with Gasteiger partial charge in [-0.15, -0.1) is 0 Å². The van der Waals surface area contributed by atoms with Crippen molar-refractivity contribution < 1.29 is 29.3 Å². The van der Waals surface area contributed by atoms with Gasteiger partial charge in [-0.25, -0.2) is 0 Å². The van der Waals surface area contributed by atoms with Crippen LogP contribution < -0.4 is 0 Å². The summed E-state index contributed by atoms with van der Waals surface area (Å²) in [6, 6.07) is 0. The van der Waals surface area contributed by atoms with Gasteiger partial charge in [0.2, 0.25) is 0 Å². The first-order chi connectivity index (χ1) is 29.7. The molecule has 0 saturated heterocycles. The van der Waals surface area contributed by atoms with Gasteiger partial charge in [-0.05, 0) is 116 Å². The minimum absolute atomic E-state index is 0.00132. The highest BCUT2D eigenvalue weighted by Gasteiger charge is 2.17. The molecule has 0 aromatic carbocycles. The second-order valence-corrected chi connectivity index (χ2v) is 18.8. The van der Waals surface area contributed by atoms with Crippen molar-refractivity contribution in [3.05, 3.63) is 0 Å². The molecule has 3 atom stereocenters. The summed E-state index contributed by atoms with van der Waals surface area (Å²) in [6.45, 7) is 18.8. The van der Waals surface area contributed by atoms with E-state index in [1.807, 2.05) is 13.8 Å². The standard InChI is InChI=1S/C53H106N2O6/c1-7-13-16-19-22-28-37-51(38-29-23-20-17-14-8-2)61-53(59)40-30-24-21-25-32-41-54(45-49(56)11-5)43-34-44-55(46-50(57)12-6)42-33-26-31-39-52(58)60-47-48(35-10-4)36-27-18-15-9-3/h48-51,56-57H,7-47H2,1-6H3. The van der Waals surface area contributed by atoms with Gasteiger partial charge in [0, 0.05) is 25.9 Å². The number of hydrogen-bond acceptors (Lipinski definition) is 8. The molecule has 0 saturated carbocycles. The number of carbonyl (C=O) groups excluding carboxylic acids is 2. The highest BCUT2D eigenvalue weighted by Crippen LogP contribution is 2.20. The maximum absolute atomic E-state index is 12.9. The van der Waals surface area contributed by atoms with E-state index in [1.165, 1.54) is 103 Å². The third-order valence-corrected chi connectivity index (χ3v) is 12.7. The summed E-state index contributed by atoms with van der Waals surface area (Å²) in [5.41, 5.74) is 0. The normalized spacial score (nSPS) is 13.4. The molecule has 0 radical (unpaired) electrons. The summed E-state index contributed by atoms with van der Waals surface area (Å²) in [5.74, 6) is 0.446. The van der Waals surface area contributed by atoms with Crippen molar-refractivity contribution in [2.75, 3.05) is 45.9 Å². The highest BCUT2D eigenvalue weighted by molar-refractivity contribution is 5.69. The number of ether oxygens (including phenoxy) is 2. The average molecular weight is 867 g/mol. The molecule has 8 heteroatoms. The van der Waals surface area contributed by atoms with Crippen molar-refractivity contribution in [2.45, 2.75) is 278 Å². The van der Waals surface area contributed by atoms with Crippen LogP contribution in [0.4, 0.5) is 0 Å². The summed E-state index contributed by atoms with van der Waals surface area (Å²) in [4.78, 5) is 30.2. The van der Waals surface area contributed by atoms with E-state index < -0.39 is 0 Å². The van der Waals surface area contributed by atoms with Crippen LogP contribution >= 0.6 is 0 Å². The fourth-order valence-corrected chi connectivity index (χ4v) is 8.55. The minimum Gasteiger partial charge on any atom is -0.465 e. The van der Waals surface area contributed by atoms with E-state index in [-0.39, 0.29) is 30.3 Å². The van der Waals surface area contributed by atoms with Crippen LogP contribution in [0.2, 0.25) is 0 Å². The molecular weight excluding hydrogens is 761 g/mol. The maximum Gasteiger partial charge on any atom is 0.306 e. The summed E-state index contributed by atoms with van der Waals surface area (Å²) in [5, 5.41) is 21.0. The monoisotopic (exact) mass is 867 g/mol. The summed E-state index contributed by atoms with van der Waals surface area (Å²) >= 11 is 0. The van der Waals surface area contributed by atoms with E-state index in [0.29, 0.717) is 38.5 Å². The van der Waals surface area contributed by atoms with Crippen LogP contribution in [0.5, 0.6) is 0 Å². The number of carbonyl (C=O) groups is 2. The molecule has 8 nitrogen and oxygen atoms in total. The van der Waals surface area contributed by atoms with Gasteiger partial charge >= 0.3 is 11.9 Å². The first-order valence-corrected chi connectivity index (χ1v) is 26.9. The predicted molar refractivity (Wildman–Crippen MR) is 260 cm³/mol. The summed E-state index contributed by atoms with van der Waals surface area (Å²) in [6.07, 6.45) is 36.9. The second kappa shape index (κ2) is 45.4. The number of hydrogen-bond donors (Lipinski definition) is 2. The molecule has 61 heavy (non-hydrogen) atoms. The number of unbranched alkanes of at least 4 members (excludes halogenated alkanes) is 19. The fraction of sp³-hybridized carbons (Fsp3) is 0.962. The smallest absolute Gasteiger partial charge is 0.306 e. The molecule has 0 bridgehead atoms. The van der Waals surface area contributed by atoms with Gasteiger partial charge in [-0.2, -0.15) is 0 Å². The molecule has 3 unspecified atom stereocenters. The molecule has 0 fully saturated rings. The zero-order chi connectivity index (χ0) is 45.0. The Hall–Kier alpha value is -1.22. The number of nitrogens with zero attached hydrogens (tertiary/aromatic N) is 2. The van der Waals surface area contributed by atoms with Crippen molar-refractivity contribution in [1.82, 2.24) is 9.80 Å². The molecule has 2 N–H and O–H groups in total. The van der Waals surface area contributed by atoms with Crippen LogP contribution in [0, 0.1) is 5.92 Å². The van der Waals surface area contributed by atoms with Crippen molar-refractivity contribution in [3.63, 3.8) is 0 Å². The molecular formula is C53H106N2O6. The van der Waals surface area contributed by atoms with E-state index in [4.69, 9.17) is 9.47 Å². The van der Waals surface area contributed by atoms with Gasteiger partial charge in [-0.3, -0.25) is 9.59 Å². The second-order valence-electron chi connectivity index (χ2n) is 18.8. The van der Waals surface area contributed by atoms with Crippen molar-refractivity contribution in [3.8, 4) is 0 Å². The average Bonchev–Trinajstić information content (AvgIpc) is 3.25. The van der Waals surface area contributed by atoms with Crippen LogP contribution in [0.25, 0.3) is 0 Å². The zero-order valence-corrected chi connectivity index (χ0v) is 41.7. The van der Waals surface area contributed by atoms with Crippen molar-refractivity contribution in [2.24, 2.45) is 5.92 Å². The lowest BCUT2D eigenvalue weighted by Gasteiger charge is -2.28. The van der Waals surface area contributed by atoms with E-state index in [1.54, 1.807) is 0 Å². The maximum atomic E-state index is 12.9. The van der Waals surface area contributed by atoms with Gasteiger partial charge in [0.05, 0.1) is 18.8 Å². The lowest BCUT2D eigenvalue weighted by Crippen LogP contribution is -2.38. The highest BCUT2D eigenvalue weighted by atomic mass is 16.5. The number of aliphatic hydroxyl groups is 2. The summed E-state index contributed by atoms with van der Waals surface area (Å²) in [7, 11) is 0. The Morgan fingerprint density at radius 2 is 0.820 bits per heavy atom. The van der Waals surface area contributed by atoms with Crippen molar-refractivity contribution >= 4 is 11.9 Å². The molecule has 0 rings (SSSR count). The van der Waals surface area contributed by atoms with E-state index >= 15 is 0 Å². The molecule has 364 valence electrons. The third-order valence-electron chi connectivity index (χ3n) is 12.7. The van der Waals surface area contributed by atoms with Gasteiger partial charge in [0.1, 0.15) is 6.10 Å². The molecule has 0 aromatic heterocycles. The molecule has 0 aromatic rings. The Kier molecular flexibility index (Phi) is 44.4. The molecule has 0 aliphatic heterocycles. The molecule has 0 spiro atoms. The van der Waals surface area contributed by atoms with Gasteiger partial charge in [0.15, 0.2) is 0 Å². The van der Waals surface area contributed by atoms with Crippen LogP contribution in [-0.2, 0) is 19.1 Å². The van der Waals surface area contributed by atoms with Crippen LogP contribution in [0.15, 0.2) is 0 Å². The van der Waals surface area contributed by atoms with E-state index in [2.05, 4.69) is 37.5 Å². The number of esters is 2. The minimum atomic E-state index is -0.329.